The van der Waals surface area contributed by atoms with Gasteiger partial charge >= 0.3 is 0 Å². The lowest BCUT2D eigenvalue weighted by Gasteiger charge is -1.71. The molecule has 0 heterocycles. The van der Waals surface area contributed by atoms with Crippen LogP contribution in [0.2, 0.25) is 0 Å². The summed E-state index contributed by atoms with van der Waals surface area (Å²) < 4.78 is 0. The molecule has 0 atom stereocenters. The van der Waals surface area contributed by atoms with E-state index in [9.17, 15) is 0 Å². The highest BCUT2D eigenvalue weighted by atomic mass is 15.1. The van der Waals surface area contributed by atoms with Crippen molar-refractivity contribution in [3.05, 3.63) is 10.4 Å². The molecule has 0 aromatic carbocycles. The monoisotopic (exact) mass is 101 g/mol. The van der Waals surface area contributed by atoms with Gasteiger partial charge in [-0.25, -0.2) is 0 Å². The smallest absolute Gasteiger partial charge is 0.0255 e. The molecule has 0 aliphatic carbocycles. The Morgan fingerprint density at radius 1 is 1.71 bits per heavy atom. The summed E-state index contributed by atoms with van der Waals surface area (Å²) in [6.07, 6.45) is 0.935. The molecule has 0 spiro atoms. The van der Waals surface area contributed by atoms with Crippen molar-refractivity contribution < 1.29 is 0 Å². The molecular formula is C4H11N3. The van der Waals surface area contributed by atoms with Crippen molar-refractivity contribution in [1.29, 1.82) is 0 Å². The van der Waals surface area contributed by atoms with E-state index in [1.165, 1.54) is 0 Å². The Morgan fingerprint density at radius 2 is 2.29 bits per heavy atom. The first-order valence-corrected chi connectivity index (χ1v) is 1.92. The molecule has 0 saturated carbocycles. The molecule has 42 valence electrons. The van der Waals surface area contributed by atoms with Crippen molar-refractivity contribution in [2.45, 2.75) is 20.8 Å². The Hall–Kier alpha value is -0.690. The maximum Gasteiger partial charge on any atom is 0.0255 e. The average Bonchev–Trinajstić information content (AvgIpc) is 1.61. The van der Waals surface area contributed by atoms with E-state index >= 15 is 0 Å². The number of rotatable bonds is 2. The minimum atomic E-state index is 0. The van der Waals surface area contributed by atoms with Gasteiger partial charge in [0.1, 0.15) is 0 Å². The zero-order valence-corrected chi connectivity index (χ0v) is 3.76. The van der Waals surface area contributed by atoms with Crippen LogP contribution in [0.4, 0.5) is 0 Å². The lowest BCUT2D eigenvalue weighted by atomic mass is 10.5. The molecule has 0 radical (unpaired) electrons. The molecule has 0 N–H and O–H groups in total. The third-order valence-electron chi connectivity index (χ3n) is 0.387. The fraction of sp³-hybridized carbons (Fsp3) is 1.00. The van der Waals surface area contributed by atoms with Crippen molar-refractivity contribution in [1.82, 2.24) is 0 Å². The Labute approximate surface area is 44.0 Å². The second-order valence-electron chi connectivity index (χ2n) is 0.954. The third-order valence-corrected chi connectivity index (χ3v) is 0.387. The van der Waals surface area contributed by atoms with E-state index < -0.39 is 0 Å². The molecule has 3 nitrogen and oxygen atoms in total. The van der Waals surface area contributed by atoms with Crippen molar-refractivity contribution in [2.24, 2.45) is 5.11 Å². The number of azide groups is 1. The average molecular weight is 101 g/mol. The highest BCUT2D eigenvalue weighted by Gasteiger charge is 1.65. The van der Waals surface area contributed by atoms with Crippen LogP contribution >= 0.6 is 0 Å². The predicted octanol–water partition coefficient (Wildman–Crippen LogP) is 2.34. The Morgan fingerprint density at radius 3 is 2.43 bits per heavy atom. The van der Waals surface area contributed by atoms with E-state index in [1.807, 2.05) is 6.92 Å². The van der Waals surface area contributed by atoms with Crippen LogP contribution < -0.4 is 0 Å². The van der Waals surface area contributed by atoms with E-state index in [4.69, 9.17) is 5.53 Å². The number of hydrogen-bond donors (Lipinski definition) is 0. The van der Waals surface area contributed by atoms with Gasteiger partial charge in [-0.2, -0.15) is 0 Å². The van der Waals surface area contributed by atoms with E-state index in [1.54, 1.807) is 0 Å². The molecular weight excluding hydrogens is 90.1 g/mol. The minimum absolute atomic E-state index is 0. The molecule has 7 heavy (non-hydrogen) atoms. The highest BCUT2D eigenvalue weighted by Crippen LogP contribution is 1.74. The van der Waals surface area contributed by atoms with Gasteiger partial charge < -0.3 is 0 Å². The molecule has 0 aromatic rings. The van der Waals surface area contributed by atoms with Gasteiger partial charge in [0.2, 0.25) is 0 Å². The van der Waals surface area contributed by atoms with Gasteiger partial charge in [0, 0.05) is 11.5 Å². The second kappa shape index (κ2) is 9.00. The van der Waals surface area contributed by atoms with Crippen LogP contribution in [-0.4, -0.2) is 6.54 Å². The predicted molar refractivity (Wildman–Crippen MR) is 31.0 cm³/mol. The first kappa shape index (κ1) is 9.58. The summed E-state index contributed by atoms with van der Waals surface area (Å²) in [5, 5.41) is 3.27. The van der Waals surface area contributed by atoms with Crippen LogP contribution in [0.25, 0.3) is 10.4 Å². The maximum absolute atomic E-state index is 7.66. The van der Waals surface area contributed by atoms with Gasteiger partial charge in [-0.3, -0.25) is 0 Å². The van der Waals surface area contributed by atoms with Crippen LogP contribution in [0, 0.1) is 0 Å². The zero-order chi connectivity index (χ0) is 4.83. The van der Waals surface area contributed by atoms with Crippen molar-refractivity contribution in [3.8, 4) is 0 Å². The third kappa shape index (κ3) is 10.9. The maximum atomic E-state index is 7.66. The van der Waals surface area contributed by atoms with Crippen LogP contribution in [0.5, 0.6) is 0 Å². The second-order valence-corrected chi connectivity index (χ2v) is 0.954. The summed E-state index contributed by atoms with van der Waals surface area (Å²) in [5.41, 5.74) is 7.66. The van der Waals surface area contributed by atoms with E-state index in [0.717, 1.165) is 6.42 Å². The van der Waals surface area contributed by atoms with E-state index in [-0.39, 0.29) is 7.43 Å². The van der Waals surface area contributed by atoms with Crippen molar-refractivity contribution in [3.63, 3.8) is 0 Å². The number of nitrogens with zero attached hydrogens (tertiary/aromatic N) is 3. The van der Waals surface area contributed by atoms with Crippen molar-refractivity contribution >= 4 is 0 Å². The molecule has 0 aliphatic rings. The first-order chi connectivity index (χ1) is 2.91. The van der Waals surface area contributed by atoms with Gasteiger partial charge in [-0.05, 0) is 5.53 Å². The van der Waals surface area contributed by atoms with E-state index in [0.29, 0.717) is 6.54 Å². The van der Waals surface area contributed by atoms with Crippen LogP contribution in [0.3, 0.4) is 0 Å². The molecule has 0 amide bonds. The van der Waals surface area contributed by atoms with Gasteiger partial charge in [-0.1, -0.05) is 25.9 Å². The summed E-state index contributed by atoms with van der Waals surface area (Å²) in [6.45, 7) is 2.59. The van der Waals surface area contributed by atoms with Gasteiger partial charge in [-0.15, -0.1) is 0 Å². The normalized spacial score (nSPS) is 5.86. The highest BCUT2D eigenvalue weighted by molar-refractivity contribution is 4.40. The quantitative estimate of drug-likeness (QED) is 0.291. The largest absolute Gasteiger partial charge is 0.0940 e. The molecule has 0 aliphatic heterocycles. The lowest BCUT2D eigenvalue weighted by molar-refractivity contribution is 0.922. The lowest BCUT2D eigenvalue weighted by Crippen LogP contribution is -1.65. The SMILES string of the molecule is C.CCCN=[N+]=[N-]. The molecule has 0 saturated heterocycles. The van der Waals surface area contributed by atoms with Crippen LogP contribution in [-0.2, 0) is 0 Å². The Bertz CT molecular complexity index is 63.3. The molecule has 0 bridgehead atoms. The number of hydrogen-bond acceptors (Lipinski definition) is 1. The first-order valence-electron chi connectivity index (χ1n) is 1.92. The fourth-order valence-electron chi connectivity index (χ4n) is 0.145. The topological polar surface area (TPSA) is 48.8 Å². The van der Waals surface area contributed by atoms with E-state index in [2.05, 4.69) is 10.0 Å². The summed E-state index contributed by atoms with van der Waals surface area (Å²) in [4.78, 5) is 2.55. The van der Waals surface area contributed by atoms with Gasteiger partial charge in [0.05, 0.1) is 0 Å². The molecule has 0 fully saturated rings. The molecule has 3 heteroatoms. The fourth-order valence-corrected chi connectivity index (χ4v) is 0.145. The van der Waals surface area contributed by atoms with Gasteiger partial charge in [0.25, 0.3) is 0 Å². The summed E-state index contributed by atoms with van der Waals surface area (Å²) >= 11 is 0. The standard InChI is InChI=1S/C3H7N3.CH4/c1-2-3-5-6-4;/h2-3H2,1H3;1H4. The molecule has 0 aromatic heterocycles. The molecule has 0 rings (SSSR count). The minimum Gasteiger partial charge on any atom is -0.0940 e. The Balaban J connectivity index is 0. The van der Waals surface area contributed by atoms with Crippen molar-refractivity contribution in [2.75, 3.05) is 6.54 Å². The molecule has 0 unspecified atom stereocenters. The summed E-state index contributed by atoms with van der Waals surface area (Å²) in [7, 11) is 0. The van der Waals surface area contributed by atoms with Crippen LogP contribution in [0.1, 0.15) is 20.8 Å². The summed E-state index contributed by atoms with van der Waals surface area (Å²) in [5.74, 6) is 0. The van der Waals surface area contributed by atoms with Crippen LogP contribution in [0.15, 0.2) is 5.11 Å². The zero-order valence-electron chi connectivity index (χ0n) is 3.76. The van der Waals surface area contributed by atoms with Gasteiger partial charge in [0.15, 0.2) is 0 Å². The Kier molecular flexibility index (Phi) is 12.3. The summed E-state index contributed by atoms with van der Waals surface area (Å²) in [6, 6.07) is 0.